The van der Waals surface area contributed by atoms with Gasteiger partial charge in [-0.15, -0.1) is 0 Å². The number of hydrogen-bond acceptors (Lipinski definition) is 4. The summed E-state index contributed by atoms with van der Waals surface area (Å²) < 4.78 is 0.723. The smallest absolute Gasteiger partial charge is 0.325 e. The lowest BCUT2D eigenvalue weighted by molar-refractivity contribution is -0.138. The van der Waals surface area contributed by atoms with Gasteiger partial charge in [-0.3, -0.25) is 9.59 Å². The number of nitrogens with zero attached hydrogens (tertiary/aromatic N) is 2. The molecule has 0 radical (unpaired) electrons. The maximum absolute atomic E-state index is 11.5. The summed E-state index contributed by atoms with van der Waals surface area (Å²) in [7, 11) is 0. The van der Waals surface area contributed by atoms with Gasteiger partial charge in [0.05, 0.1) is 11.9 Å². The van der Waals surface area contributed by atoms with Gasteiger partial charge in [0, 0.05) is 0 Å². The summed E-state index contributed by atoms with van der Waals surface area (Å²) in [5.41, 5.74) is 4.27. The van der Waals surface area contributed by atoms with Crippen LogP contribution in [0.3, 0.4) is 0 Å². The van der Waals surface area contributed by atoms with Crippen LogP contribution in [0, 0.1) is 0 Å². The number of aromatic nitrogens is 2. The van der Waals surface area contributed by atoms with E-state index in [9.17, 15) is 14.4 Å². The van der Waals surface area contributed by atoms with Crippen LogP contribution in [0.25, 0.3) is 0 Å². The molecule has 1 aromatic rings. The average molecular weight is 291 g/mol. The van der Waals surface area contributed by atoms with Gasteiger partial charge in [-0.2, -0.15) is 5.10 Å². The van der Waals surface area contributed by atoms with Crippen molar-refractivity contribution in [2.24, 2.45) is 5.73 Å². The number of nitrogens with two attached hydrogens (primary N) is 1. The van der Waals surface area contributed by atoms with Gasteiger partial charge in [-0.1, -0.05) is 0 Å². The van der Waals surface area contributed by atoms with E-state index in [4.69, 9.17) is 10.8 Å². The molecule has 0 aromatic carbocycles. The van der Waals surface area contributed by atoms with Crippen molar-refractivity contribution in [1.82, 2.24) is 9.78 Å². The van der Waals surface area contributed by atoms with E-state index in [1.54, 1.807) is 0 Å². The number of aliphatic carboxylic acids is 1. The number of hydrogen-bond donors (Lipinski definition) is 3. The van der Waals surface area contributed by atoms with Gasteiger partial charge in [0.15, 0.2) is 0 Å². The van der Waals surface area contributed by atoms with Crippen LogP contribution in [0.5, 0.6) is 0 Å². The Hall–Kier alpha value is -1.90. The van der Waals surface area contributed by atoms with Crippen LogP contribution in [0.4, 0.5) is 10.5 Å². The minimum absolute atomic E-state index is 0.0115. The monoisotopic (exact) mass is 290 g/mol. The predicted molar refractivity (Wildman–Crippen MR) is 57.0 cm³/mol. The van der Waals surface area contributed by atoms with Crippen LogP contribution >= 0.6 is 15.9 Å². The molecule has 0 aliphatic carbocycles. The van der Waals surface area contributed by atoms with Gasteiger partial charge in [-0.25, -0.2) is 9.48 Å². The number of primary amides is 1. The third-order valence-electron chi connectivity index (χ3n) is 1.53. The summed E-state index contributed by atoms with van der Waals surface area (Å²) in [6.07, 6.45) is 1.12. The van der Waals surface area contributed by atoms with Crippen molar-refractivity contribution in [2.75, 3.05) is 5.32 Å². The molecule has 1 aromatic heterocycles. The molecular weight excluding hydrogens is 284 g/mol. The molecule has 0 atom stereocenters. The Labute approximate surface area is 97.2 Å². The van der Waals surface area contributed by atoms with Crippen LogP contribution in [0.2, 0.25) is 0 Å². The first-order valence-electron chi connectivity index (χ1n) is 3.95. The molecule has 0 spiro atoms. The molecule has 0 aliphatic heterocycles. The first kappa shape index (κ1) is 12.2. The molecule has 0 saturated heterocycles. The van der Waals surface area contributed by atoms with Crippen LogP contribution < -0.4 is 16.6 Å². The minimum atomic E-state index is -1.20. The number of carboxylic acid groups (broad SMARTS) is 1. The topological polar surface area (TPSA) is 127 Å². The van der Waals surface area contributed by atoms with Crippen molar-refractivity contribution in [3.8, 4) is 0 Å². The molecule has 8 nitrogen and oxygen atoms in total. The number of urea groups is 1. The van der Waals surface area contributed by atoms with Crippen LogP contribution in [0.15, 0.2) is 15.5 Å². The van der Waals surface area contributed by atoms with E-state index in [0.717, 1.165) is 10.9 Å². The Kier molecular flexibility index (Phi) is 3.61. The molecule has 1 rings (SSSR count). The highest BCUT2D eigenvalue weighted by atomic mass is 79.9. The summed E-state index contributed by atoms with van der Waals surface area (Å²) in [6, 6.07) is -0.849. The van der Waals surface area contributed by atoms with E-state index in [1.165, 1.54) is 0 Å². The summed E-state index contributed by atoms with van der Waals surface area (Å²) in [6.45, 7) is -0.561. The molecule has 16 heavy (non-hydrogen) atoms. The van der Waals surface area contributed by atoms with Crippen LogP contribution in [0.1, 0.15) is 0 Å². The number of halogens is 1. The van der Waals surface area contributed by atoms with E-state index < -0.39 is 24.1 Å². The molecule has 2 amide bonds. The van der Waals surface area contributed by atoms with Gasteiger partial charge in [0.1, 0.15) is 11.0 Å². The summed E-state index contributed by atoms with van der Waals surface area (Å²) in [4.78, 5) is 32.4. The van der Waals surface area contributed by atoms with Crippen molar-refractivity contribution in [3.63, 3.8) is 0 Å². The van der Waals surface area contributed by atoms with E-state index in [1.807, 2.05) is 0 Å². The van der Waals surface area contributed by atoms with Crippen molar-refractivity contribution < 1.29 is 14.7 Å². The predicted octanol–water partition coefficient (Wildman–Crippen LogP) is -0.419. The third kappa shape index (κ3) is 2.79. The largest absolute Gasteiger partial charge is 0.480 e. The second-order valence-electron chi connectivity index (χ2n) is 2.72. The molecule has 0 unspecified atom stereocenters. The molecule has 0 bridgehead atoms. The maximum atomic E-state index is 11.5. The fourth-order valence-electron chi connectivity index (χ4n) is 0.926. The fourth-order valence-corrected chi connectivity index (χ4v) is 1.33. The molecule has 4 N–H and O–H groups in total. The molecule has 0 aliphatic rings. The number of carboxylic acids is 1. The second kappa shape index (κ2) is 4.75. The Morgan fingerprint density at radius 1 is 1.62 bits per heavy atom. The molecular formula is C7H7BrN4O4. The highest BCUT2D eigenvalue weighted by Crippen LogP contribution is 2.15. The normalized spacial score (nSPS) is 9.81. The molecule has 1 heterocycles. The number of carbonyl (C=O) groups excluding carboxylic acids is 1. The third-order valence-corrected chi connectivity index (χ3v) is 2.29. The standard InChI is InChI=1S/C7H7BrN4O4/c8-5-3(11-7(9)16)1-10-12(6(5)15)2-4(13)14/h1H,2H2,(H,13,14)(H3,9,11,16). The lowest BCUT2D eigenvalue weighted by atomic mass is 10.4. The Bertz CT molecular complexity index is 498. The lowest BCUT2D eigenvalue weighted by Gasteiger charge is -2.06. The zero-order chi connectivity index (χ0) is 12.3. The van der Waals surface area contributed by atoms with E-state index in [2.05, 4.69) is 26.3 Å². The summed E-state index contributed by atoms with van der Waals surface area (Å²) >= 11 is 2.91. The highest BCUT2D eigenvalue weighted by molar-refractivity contribution is 9.10. The zero-order valence-corrected chi connectivity index (χ0v) is 9.39. The Balaban J connectivity index is 3.13. The second-order valence-corrected chi connectivity index (χ2v) is 3.51. The Morgan fingerprint density at radius 2 is 2.25 bits per heavy atom. The van der Waals surface area contributed by atoms with Gasteiger partial charge in [0.25, 0.3) is 5.56 Å². The van der Waals surface area contributed by atoms with Crippen LogP contribution in [-0.4, -0.2) is 26.9 Å². The fraction of sp³-hybridized carbons (Fsp3) is 0.143. The number of amides is 2. The quantitative estimate of drug-likeness (QED) is 0.697. The lowest BCUT2D eigenvalue weighted by Crippen LogP contribution is -2.29. The van der Waals surface area contributed by atoms with Gasteiger partial charge >= 0.3 is 12.0 Å². The zero-order valence-electron chi connectivity index (χ0n) is 7.81. The van der Waals surface area contributed by atoms with Gasteiger partial charge in [-0.05, 0) is 15.9 Å². The number of anilines is 1. The van der Waals surface area contributed by atoms with Gasteiger partial charge in [0.2, 0.25) is 0 Å². The molecule has 86 valence electrons. The van der Waals surface area contributed by atoms with Crippen molar-refractivity contribution in [2.45, 2.75) is 6.54 Å². The van der Waals surface area contributed by atoms with Gasteiger partial charge < -0.3 is 16.2 Å². The SMILES string of the molecule is NC(=O)Nc1cnn(CC(=O)O)c(=O)c1Br. The number of carbonyl (C=O) groups is 2. The van der Waals surface area contributed by atoms with E-state index in [0.29, 0.717) is 0 Å². The van der Waals surface area contributed by atoms with E-state index >= 15 is 0 Å². The molecule has 0 saturated carbocycles. The number of rotatable bonds is 3. The van der Waals surface area contributed by atoms with Crippen molar-refractivity contribution in [3.05, 3.63) is 21.0 Å². The summed E-state index contributed by atoms with van der Waals surface area (Å²) in [5.74, 6) is -1.20. The molecule has 0 fully saturated rings. The number of nitrogens with one attached hydrogen (secondary N) is 1. The minimum Gasteiger partial charge on any atom is -0.480 e. The Morgan fingerprint density at radius 3 is 2.75 bits per heavy atom. The van der Waals surface area contributed by atoms with Crippen molar-refractivity contribution in [1.29, 1.82) is 0 Å². The maximum Gasteiger partial charge on any atom is 0.325 e. The van der Waals surface area contributed by atoms with E-state index in [-0.39, 0.29) is 10.2 Å². The first-order valence-corrected chi connectivity index (χ1v) is 4.75. The summed E-state index contributed by atoms with van der Waals surface area (Å²) in [5, 5.41) is 14.2. The van der Waals surface area contributed by atoms with Crippen molar-refractivity contribution >= 4 is 33.6 Å². The highest BCUT2D eigenvalue weighted by Gasteiger charge is 2.11. The average Bonchev–Trinajstić information content (AvgIpc) is 2.16. The molecule has 9 heteroatoms. The first-order chi connectivity index (χ1) is 7.41. The van der Waals surface area contributed by atoms with Crippen LogP contribution in [-0.2, 0) is 11.3 Å².